The molecule has 0 fully saturated rings. The second-order valence-electron chi connectivity index (χ2n) is 5.50. The van der Waals surface area contributed by atoms with Crippen molar-refractivity contribution in [2.45, 2.75) is 46.6 Å². The summed E-state index contributed by atoms with van der Waals surface area (Å²) < 4.78 is 19.2. The van der Waals surface area contributed by atoms with E-state index in [4.69, 9.17) is 4.74 Å². The summed E-state index contributed by atoms with van der Waals surface area (Å²) >= 11 is 0. The minimum absolute atomic E-state index is 0.116. The standard InChI is InChI=1S/C15H20FNO3/c1-6-10-7-8-11(12(9(2)18)13(10)16)17-14(19)20-15(3,4)5/h7-8H,6H2,1-5H3,(H,17,19). The molecule has 1 N–H and O–H groups in total. The van der Waals surface area contributed by atoms with Crippen LogP contribution in [0.5, 0.6) is 0 Å². The highest BCUT2D eigenvalue weighted by molar-refractivity contribution is 6.03. The number of hydrogen-bond acceptors (Lipinski definition) is 3. The van der Waals surface area contributed by atoms with Gasteiger partial charge < -0.3 is 4.74 Å². The normalized spacial score (nSPS) is 11.1. The minimum Gasteiger partial charge on any atom is -0.444 e. The van der Waals surface area contributed by atoms with E-state index in [-0.39, 0.29) is 11.3 Å². The van der Waals surface area contributed by atoms with Crippen LogP contribution in [0.15, 0.2) is 12.1 Å². The molecule has 1 aromatic rings. The van der Waals surface area contributed by atoms with E-state index in [1.807, 2.05) is 0 Å². The van der Waals surface area contributed by atoms with Crippen LogP contribution >= 0.6 is 0 Å². The molecule has 110 valence electrons. The molecule has 0 saturated heterocycles. The number of aryl methyl sites for hydroxylation is 1. The van der Waals surface area contributed by atoms with Crippen molar-refractivity contribution in [3.8, 4) is 0 Å². The summed E-state index contributed by atoms with van der Waals surface area (Å²) in [6.07, 6.45) is -0.248. The highest BCUT2D eigenvalue weighted by Gasteiger charge is 2.21. The molecule has 0 spiro atoms. The Morgan fingerprint density at radius 1 is 1.30 bits per heavy atom. The number of ether oxygens (including phenoxy) is 1. The molecule has 0 aliphatic rings. The molecular formula is C15H20FNO3. The zero-order valence-electron chi connectivity index (χ0n) is 12.5. The lowest BCUT2D eigenvalue weighted by molar-refractivity contribution is 0.0636. The van der Waals surface area contributed by atoms with E-state index in [0.717, 1.165) is 0 Å². The maximum atomic E-state index is 14.2. The van der Waals surface area contributed by atoms with E-state index in [1.165, 1.54) is 13.0 Å². The summed E-state index contributed by atoms with van der Waals surface area (Å²) in [5.41, 5.74) is -0.218. The van der Waals surface area contributed by atoms with E-state index < -0.39 is 23.3 Å². The first-order valence-electron chi connectivity index (χ1n) is 6.48. The van der Waals surface area contributed by atoms with Crippen molar-refractivity contribution in [2.75, 3.05) is 5.32 Å². The molecule has 0 unspecified atom stereocenters. The molecule has 1 aromatic carbocycles. The number of Topliss-reactive ketones (excluding diaryl/α,β-unsaturated/α-hetero) is 1. The topological polar surface area (TPSA) is 55.4 Å². The van der Waals surface area contributed by atoms with Crippen molar-refractivity contribution < 1.29 is 18.7 Å². The lowest BCUT2D eigenvalue weighted by atomic mass is 10.0. The second kappa shape index (κ2) is 6.03. The van der Waals surface area contributed by atoms with Crippen molar-refractivity contribution in [3.63, 3.8) is 0 Å². The molecule has 0 bridgehead atoms. The Kier molecular flexibility index (Phi) is 4.87. The van der Waals surface area contributed by atoms with Crippen LogP contribution in [-0.4, -0.2) is 17.5 Å². The molecule has 0 aromatic heterocycles. The molecular weight excluding hydrogens is 261 g/mol. The number of hydrogen-bond donors (Lipinski definition) is 1. The molecule has 0 radical (unpaired) electrons. The summed E-state index contributed by atoms with van der Waals surface area (Å²) in [4.78, 5) is 23.3. The van der Waals surface area contributed by atoms with Gasteiger partial charge in [0.15, 0.2) is 5.78 Å². The smallest absolute Gasteiger partial charge is 0.412 e. The van der Waals surface area contributed by atoms with E-state index >= 15 is 0 Å². The molecule has 4 nitrogen and oxygen atoms in total. The zero-order chi connectivity index (χ0) is 15.5. The number of halogens is 1. The molecule has 0 saturated carbocycles. The van der Waals surface area contributed by atoms with Crippen LogP contribution in [0, 0.1) is 5.82 Å². The number of amides is 1. The van der Waals surface area contributed by atoms with Gasteiger partial charge in [-0.1, -0.05) is 13.0 Å². The number of benzene rings is 1. The molecule has 1 amide bonds. The van der Waals surface area contributed by atoms with E-state index in [0.29, 0.717) is 12.0 Å². The molecule has 0 aliphatic carbocycles. The Hall–Kier alpha value is -1.91. The Bertz CT molecular complexity index is 533. The first-order chi connectivity index (χ1) is 9.15. The Labute approximate surface area is 118 Å². The van der Waals surface area contributed by atoms with Gasteiger partial charge in [-0.25, -0.2) is 9.18 Å². The number of carbonyl (C=O) groups is 2. The predicted octanol–water partition coefficient (Wildman–Crippen LogP) is 3.94. The Morgan fingerprint density at radius 2 is 1.90 bits per heavy atom. The average Bonchev–Trinajstić information content (AvgIpc) is 2.25. The number of anilines is 1. The van der Waals surface area contributed by atoms with Crippen molar-refractivity contribution in [1.82, 2.24) is 0 Å². The lowest BCUT2D eigenvalue weighted by Crippen LogP contribution is -2.28. The van der Waals surface area contributed by atoms with Crippen molar-refractivity contribution in [2.24, 2.45) is 0 Å². The summed E-state index contributed by atoms with van der Waals surface area (Å²) in [5, 5.41) is 2.42. The second-order valence-corrected chi connectivity index (χ2v) is 5.50. The predicted molar refractivity (Wildman–Crippen MR) is 75.6 cm³/mol. The molecule has 20 heavy (non-hydrogen) atoms. The van der Waals surface area contributed by atoms with Crippen LogP contribution in [0.4, 0.5) is 14.9 Å². The number of ketones is 1. The Morgan fingerprint density at radius 3 is 2.35 bits per heavy atom. The Balaban J connectivity index is 3.10. The van der Waals surface area contributed by atoms with Crippen LogP contribution in [0.3, 0.4) is 0 Å². The minimum atomic E-state index is -0.719. The summed E-state index contributed by atoms with van der Waals surface area (Å²) in [5.74, 6) is -1.03. The fourth-order valence-electron chi connectivity index (χ4n) is 1.75. The van der Waals surface area contributed by atoms with E-state index in [1.54, 1.807) is 33.8 Å². The van der Waals surface area contributed by atoms with Crippen LogP contribution in [-0.2, 0) is 11.2 Å². The first-order valence-corrected chi connectivity index (χ1v) is 6.48. The monoisotopic (exact) mass is 281 g/mol. The van der Waals surface area contributed by atoms with Gasteiger partial charge in [-0.3, -0.25) is 10.1 Å². The fourth-order valence-corrected chi connectivity index (χ4v) is 1.75. The van der Waals surface area contributed by atoms with Gasteiger partial charge in [-0.05, 0) is 45.7 Å². The molecule has 1 rings (SSSR count). The molecule has 0 aliphatic heterocycles. The van der Waals surface area contributed by atoms with Gasteiger partial charge in [-0.2, -0.15) is 0 Å². The maximum Gasteiger partial charge on any atom is 0.412 e. The third-order valence-electron chi connectivity index (χ3n) is 2.59. The quantitative estimate of drug-likeness (QED) is 0.854. The van der Waals surface area contributed by atoms with Crippen LogP contribution in [0.25, 0.3) is 0 Å². The highest BCUT2D eigenvalue weighted by Crippen LogP contribution is 2.24. The molecule has 0 heterocycles. The van der Waals surface area contributed by atoms with Crippen molar-refractivity contribution >= 4 is 17.6 Å². The van der Waals surface area contributed by atoms with Gasteiger partial charge in [0.2, 0.25) is 0 Å². The number of carbonyl (C=O) groups excluding carboxylic acids is 2. The maximum absolute atomic E-state index is 14.2. The fraction of sp³-hybridized carbons (Fsp3) is 0.467. The van der Waals surface area contributed by atoms with Gasteiger partial charge in [0.05, 0.1) is 11.3 Å². The average molecular weight is 281 g/mol. The zero-order valence-corrected chi connectivity index (χ0v) is 12.5. The molecule has 5 heteroatoms. The van der Waals surface area contributed by atoms with Crippen LogP contribution in [0.1, 0.15) is 50.5 Å². The van der Waals surface area contributed by atoms with Gasteiger partial charge >= 0.3 is 6.09 Å². The van der Waals surface area contributed by atoms with Gasteiger partial charge in [0.1, 0.15) is 11.4 Å². The third-order valence-corrected chi connectivity index (χ3v) is 2.59. The number of nitrogens with one attached hydrogen (secondary N) is 1. The summed E-state index contributed by atoms with van der Waals surface area (Å²) in [6.45, 7) is 8.22. The van der Waals surface area contributed by atoms with Gasteiger partial charge in [-0.15, -0.1) is 0 Å². The van der Waals surface area contributed by atoms with Crippen LogP contribution in [0.2, 0.25) is 0 Å². The van der Waals surface area contributed by atoms with E-state index in [9.17, 15) is 14.0 Å². The van der Waals surface area contributed by atoms with Crippen LogP contribution < -0.4 is 5.32 Å². The van der Waals surface area contributed by atoms with Gasteiger partial charge in [0, 0.05) is 0 Å². The summed E-state index contributed by atoms with van der Waals surface area (Å²) in [6, 6.07) is 3.07. The first kappa shape index (κ1) is 16.1. The van der Waals surface area contributed by atoms with Gasteiger partial charge in [0.25, 0.3) is 0 Å². The highest BCUT2D eigenvalue weighted by atomic mass is 19.1. The largest absolute Gasteiger partial charge is 0.444 e. The van der Waals surface area contributed by atoms with Crippen molar-refractivity contribution in [1.29, 1.82) is 0 Å². The summed E-state index contributed by atoms with van der Waals surface area (Å²) in [7, 11) is 0. The SMILES string of the molecule is CCc1ccc(NC(=O)OC(C)(C)C)c(C(C)=O)c1F. The number of rotatable bonds is 3. The third kappa shape index (κ3) is 4.05. The lowest BCUT2D eigenvalue weighted by Gasteiger charge is -2.20. The van der Waals surface area contributed by atoms with Crippen molar-refractivity contribution in [3.05, 3.63) is 29.1 Å². The van der Waals surface area contributed by atoms with E-state index in [2.05, 4.69) is 5.32 Å². The molecule has 0 atom stereocenters.